The normalized spacial score (nSPS) is 14.9. The van der Waals surface area contributed by atoms with Crippen molar-refractivity contribution in [3.63, 3.8) is 0 Å². The van der Waals surface area contributed by atoms with Gasteiger partial charge >= 0.3 is 0 Å². The Morgan fingerprint density at radius 1 is 1.33 bits per heavy atom. The number of nitrogens with two attached hydrogens (primary N) is 1. The molecule has 0 radical (unpaired) electrons. The third-order valence-corrected chi connectivity index (χ3v) is 2.46. The molecular formula is C11H24N2O2. The Morgan fingerprint density at radius 3 is 2.13 bits per heavy atom. The van der Waals surface area contributed by atoms with E-state index in [0.717, 1.165) is 0 Å². The van der Waals surface area contributed by atoms with Crippen molar-refractivity contribution in [1.82, 2.24) is 5.32 Å². The van der Waals surface area contributed by atoms with Crippen molar-refractivity contribution in [1.29, 1.82) is 0 Å². The Balaban J connectivity index is 4.17. The molecule has 4 heteroatoms. The highest BCUT2D eigenvalue weighted by atomic mass is 16.5. The van der Waals surface area contributed by atoms with Crippen LogP contribution in [0, 0.1) is 5.41 Å². The Labute approximate surface area is 92.6 Å². The van der Waals surface area contributed by atoms with Crippen LogP contribution in [0.2, 0.25) is 0 Å². The maximum Gasteiger partial charge on any atom is 0.237 e. The number of ether oxygens (including phenoxy) is 1. The van der Waals surface area contributed by atoms with E-state index in [9.17, 15) is 4.79 Å². The Morgan fingerprint density at radius 2 is 1.80 bits per heavy atom. The van der Waals surface area contributed by atoms with E-state index in [0.29, 0.717) is 6.54 Å². The molecule has 0 aromatic carbocycles. The Kier molecular flexibility index (Phi) is 4.74. The van der Waals surface area contributed by atoms with Crippen LogP contribution in [0.4, 0.5) is 0 Å². The molecule has 0 bridgehead atoms. The van der Waals surface area contributed by atoms with E-state index in [1.807, 2.05) is 34.6 Å². The minimum atomic E-state index is -0.495. The number of nitrogens with one attached hydrogen (secondary N) is 1. The average Bonchev–Trinajstić information content (AvgIpc) is 2.11. The lowest BCUT2D eigenvalue weighted by molar-refractivity contribution is -0.125. The van der Waals surface area contributed by atoms with Gasteiger partial charge in [0.25, 0.3) is 0 Å². The maximum absolute atomic E-state index is 11.7. The molecule has 0 aliphatic rings. The fraction of sp³-hybridized carbons (Fsp3) is 0.909. The summed E-state index contributed by atoms with van der Waals surface area (Å²) in [5, 5.41) is 2.79. The molecule has 3 N–H and O–H groups in total. The highest BCUT2D eigenvalue weighted by Crippen LogP contribution is 2.17. The van der Waals surface area contributed by atoms with Crippen LogP contribution in [0.3, 0.4) is 0 Å². The zero-order valence-corrected chi connectivity index (χ0v) is 10.7. The van der Waals surface area contributed by atoms with Crippen LogP contribution in [0.1, 0.15) is 34.6 Å². The van der Waals surface area contributed by atoms with Gasteiger partial charge < -0.3 is 15.8 Å². The first-order valence-electron chi connectivity index (χ1n) is 5.18. The largest absolute Gasteiger partial charge is 0.377 e. The van der Waals surface area contributed by atoms with Crippen molar-refractivity contribution in [3.8, 4) is 0 Å². The van der Waals surface area contributed by atoms with Crippen molar-refractivity contribution in [2.24, 2.45) is 11.1 Å². The molecule has 0 aliphatic carbocycles. The molecule has 0 aromatic heterocycles. The molecule has 0 saturated heterocycles. The molecule has 4 nitrogen and oxygen atoms in total. The van der Waals surface area contributed by atoms with Crippen LogP contribution in [-0.4, -0.2) is 31.2 Å². The summed E-state index contributed by atoms with van der Waals surface area (Å²) in [7, 11) is 1.62. The summed E-state index contributed by atoms with van der Waals surface area (Å²) in [5.74, 6) is -0.132. The number of amides is 1. The summed E-state index contributed by atoms with van der Waals surface area (Å²) >= 11 is 0. The predicted octanol–water partition coefficient (Wildman–Crippen LogP) is 0.901. The SMILES string of the molecule is COC(C)(C)CNC(=O)[C@H](N)C(C)(C)C. The summed E-state index contributed by atoms with van der Waals surface area (Å²) in [6.45, 7) is 10.1. The molecule has 0 unspecified atom stereocenters. The van der Waals surface area contributed by atoms with Gasteiger partial charge in [0.05, 0.1) is 11.6 Å². The zero-order valence-electron chi connectivity index (χ0n) is 10.7. The highest BCUT2D eigenvalue weighted by molar-refractivity contribution is 5.82. The molecule has 15 heavy (non-hydrogen) atoms. The minimum Gasteiger partial charge on any atom is -0.377 e. The number of rotatable bonds is 4. The van der Waals surface area contributed by atoms with Gasteiger partial charge in [-0.2, -0.15) is 0 Å². The fourth-order valence-electron chi connectivity index (χ4n) is 0.875. The summed E-state index contributed by atoms with van der Waals surface area (Å²) < 4.78 is 5.20. The van der Waals surface area contributed by atoms with Crippen molar-refractivity contribution in [2.45, 2.75) is 46.3 Å². The summed E-state index contributed by atoms with van der Waals surface area (Å²) in [6, 6.07) is -0.495. The lowest BCUT2D eigenvalue weighted by Gasteiger charge is -2.28. The molecule has 0 fully saturated rings. The molecule has 0 aliphatic heterocycles. The van der Waals surface area contributed by atoms with Crippen LogP contribution in [-0.2, 0) is 9.53 Å². The van der Waals surface area contributed by atoms with Crippen molar-refractivity contribution >= 4 is 5.91 Å². The Bertz CT molecular complexity index is 219. The number of methoxy groups -OCH3 is 1. The summed E-state index contributed by atoms with van der Waals surface area (Å²) in [5.41, 5.74) is 5.24. The first-order chi connectivity index (χ1) is 6.60. The second-order valence-electron chi connectivity index (χ2n) is 5.53. The summed E-state index contributed by atoms with van der Waals surface area (Å²) in [4.78, 5) is 11.7. The second kappa shape index (κ2) is 4.94. The minimum absolute atomic E-state index is 0.132. The predicted molar refractivity (Wildman–Crippen MR) is 61.5 cm³/mol. The van der Waals surface area contributed by atoms with Crippen LogP contribution >= 0.6 is 0 Å². The van der Waals surface area contributed by atoms with E-state index in [1.165, 1.54) is 0 Å². The number of carbonyl (C=O) groups excluding carboxylic acids is 1. The smallest absolute Gasteiger partial charge is 0.237 e. The monoisotopic (exact) mass is 216 g/mol. The van der Waals surface area contributed by atoms with E-state index in [4.69, 9.17) is 10.5 Å². The number of carbonyl (C=O) groups is 1. The third-order valence-electron chi connectivity index (χ3n) is 2.46. The molecule has 90 valence electrons. The van der Waals surface area contributed by atoms with Gasteiger partial charge in [0.2, 0.25) is 5.91 Å². The maximum atomic E-state index is 11.7. The van der Waals surface area contributed by atoms with Crippen LogP contribution in [0.25, 0.3) is 0 Å². The molecule has 0 heterocycles. The lowest BCUT2D eigenvalue weighted by Crippen LogP contribution is -2.51. The van der Waals surface area contributed by atoms with Crippen molar-refractivity contribution in [2.75, 3.05) is 13.7 Å². The van der Waals surface area contributed by atoms with Gasteiger partial charge in [-0.05, 0) is 19.3 Å². The summed E-state index contributed by atoms with van der Waals surface area (Å²) in [6.07, 6.45) is 0. The van der Waals surface area contributed by atoms with Crippen LogP contribution in [0.15, 0.2) is 0 Å². The van der Waals surface area contributed by atoms with E-state index < -0.39 is 6.04 Å². The standard InChI is InChI=1S/C11H24N2O2/c1-10(2,3)8(12)9(14)13-7-11(4,5)15-6/h8H,7,12H2,1-6H3,(H,13,14)/t8-/m0/s1. The molecule has 1 amide bonds. The van der Waals surface area contributed by atoms with Crippen LogP contribution < -0.4 is 11.1 Å². The van der Waals surface area contributed by atoms with Crippen molar-refractivity contribution < 1.29 is 9.53 Å². The number of hydrogen-bond acceptors (Lipinski definition) is 3. The molecule has 0 aromatic rings. The first-order valence-corrected chi connectivity index (χ1v) is 5.18. The van der Waals surface area contributed by atoms with Gasteiger partial charge in [0.1, 0.15) is 0 Å². The number of hydrogen-bond donors (Lipinski definition) is 2. The fourth-order valence-corrected chi connectivity index (χ4v) is 0.875. The molecule has 1 atom stereocenters. The highest BCUT2D eigenvalue weighted by Gasteiger charge is 2.28. The first kappa shape index (κ1) is 14.4. The second-order valence-corrected chi connectivity index (χ2v) is 5.53. The quantitative estimate of drug-likeness (QED) is 0.734. The van der Waals surface area contributed by atoms with Gasteiger partial charge in [0.15, 0.2) is 0 Å². The molecule has 0 saturated carbocycles. The topological polar surface area (TPSA) is 64.3 Å². The lowest BCUT2D eigenvalue weighted by atomic mass is 9.87. The Hall–Kier alpha value is -0.610. The third kappa shape index (κ3) is 5.14. The zero-order chi connectivity index (χ0) is 12.3. The van der Waals surface area contributed by atoms with Gasteiger partial charge in [-0.15, -0.1) is 0 Å². The average molecular weight is 216 g/mol. The van der Waals surface area contributed by atoms with Gasteiger partial charge in [-0.25, -0.2) is 0 Å². The molecular weight excluding hydrogens is 192 g/mol. The van der Waals surface area contributed by atoms with Crippen LogP contribution in [0.5, 0.6) is 0 Å². The van der Waals surface area contributed by atoms with E-state index in [-0.39, 0.29) is 16.9 Å². The van der Waals surface area contributed by atoms with Gasteiger partial charge in [-0.1, -0.05) is 20.8 Å². The van der Waals surface area contributed by atoms with E-state index in [2.05, 4.69) is 5.32 Å². The molecule has 0 rings (SSSR count). The van der Waals surface area contributed by atoms with Gasteiger partial charge in [0, 0.05) is 13.7 Å². The van der Waals surface area contributed by atoms with Crippen molar-refractivity contribution in [3.05, 3.63) is 0 Å². The van der Waals surface area contributed by atoms with E-state index >= 15 is 0 Å². The molecule has 0 spiro atoms. The van der Waals surface area contributed by atoms with Gasteiger partial charge in [-0.3, -0.25) is 4.79 Å². The van der Waals surface area contributed by atoms with E-state index in [1.54, 1.807) is 7.11 Å².